The summed E-state index contributed by atoms with van der Waals surface area (Å²) in [5.74, 6) is 1.56. The van der Waals surface area contributed by atoms with Crippen molar-refractivity contribution in [3.8, 4) is 11.5 Å². The van der Waals surface area contributed by atoms with Gasteiger partial charge in [0.2, 0.25) is 11.7 Å². The fourth-order valence-corrected chi connectivity index (χ4v) is 4.92. The van der Waals surface area contributed by atoms with E-state index in [2.05, 4.69) is 22.4 Å². The van der Waals surface area contributed by atoms with E-state index in [1.807, 2.05) is 15.8 Å². The molecule has 4 rings (SSSR count). The monoisotopic (exact) mass is 473 g/mol. The van der Waals surface area contributed by atoms with Gasteiger partial charge in [0.25, 0.3) is 5.56 Å². The smallest absolute Gasteiger partial charge is 0.272 e. The first kappa shape index (κ1) is 22.2. The minimum atomic E-state index is -0.195. The lowest BCUT2D eigenvalue weighted by Crippen LogP contribution is -2.22. The van der Waals surface area contributed by atoms with Crippen molar-refractivity contribution in [1.29, 1.82) is 0 Å². The van der Waals surface area contributed by atoms with Crippen LogP contribution in [0.25, 0.3) is 16.0 Å². The van der Waals surface area contributed by atoms with E-state index in [9.17, 15) is 9.59 Å². The number of thioether (sulfide) groups is 1. The Labute approximate surface area is 192 Å². The van der Waals surface area contributed by atoms with Crippen LogP contribution in [0.3, 0.4) is 0 Å². The average Bonchev–Trinajstić information content (AvgIpc) is 3.45. The van der Waals surface area contributed by atoms with Gasteiger partial charge in [-0.05, 0) is 30.0 Å². The number of nitrogens with zero attached hydrogens (tertiary/aromatic N) is 4. The molecule has 4 aromatic rings. The molecule has 0 aliphatic heterocycles. The normalized spacial score (nSPS) is 11.2. The third-order valence-corrected chi connectivity index (χ3v) is 6.74. The van der Waals surface area contributed by atoms with Crippen LogP contribution >= 0.6 is 23.1 Å². The first-order valence-electron chi connectivity index (χ1n) is 10.1. The zero-order valence-corrected chi connectivity index (χ0v) is 19.6. The van der Waals surface area contributed by atoms with Gasteiger partial charge >= 0.3 is 0 Å². The minimum Gasteiger partial charge on any atom is -0.493 e. The number of aryl methyl sites for hydroxylation is 1. The van der Waals surface area contributed by atoms with Crippen molar-refractivity contribution in [2.45, 2.75) is 31.5 Å². The molecule has 9 nitrogen and oxygen atoms in total. The third-order valence-electron chi connectivity index (χ3n) is 4.92. The number of anilines is 1. The second kappa shape index (κ2) is 9.61. The first-order chi connectivity index (χ1) is 15.6. The molecule has 0 aliphatic carbocycles. The summed E-state index contributed by atoms with van der Waals surface area (Å²) in [7, 11) is 3.10. The highest BCUT2D eigenvalue weighted by molar-refractivity contribution is 7.99. The fraction of sp³-hybridized carbons (Fsp3) is 0.333. The van der Waals surface area contributed by atoms with Gasteiger partial charge in [-0.25, -0.2) is 0 Å². The van der Waals surface area contributed by atoms with E-state index >= 15 is 0 Å². The van der Waals surface area contributed by atoms with E-state index < -0.39 is 0 Å². The molecule has 32 heavy (non-hydrogen) atoms. The Kier molecular flexibility index (Phi) is 6.66. The van der Waals surface area contributed by atoms with Gasteiger partial charge in [0.1, 0.15) is 4.70 Å². The Morgan fingerprint density at radius 3 is 2.75 bits per heavy atom. The largest absolute Gasteiger partial charge is 0.493 e. The van der Waals surface area contributed by atoms with E-state index in [0.717, 1.165) is 18.4 Å². The molecule has 0 radical (unpaired) electrons. The number of amides is 1. The Bertz CT molecular complexity index is 1330. The van der Waals surface area contributed by atoms with E-state index in [4.69, 9.17) is 9.47 Å². The number of ether oxygens (including phenoxy) is 2. The predicted octanol–water partition coefficient (Wildman–Crippen LogP) is 3.65. The maximum absolute atomic E-state index is 12.9. The number of unbranched alkanes of at least 4 members (excludes halogenated alkanes) is 1. The zero-order valence-electron chi connectivity index (χ0n) is 18.0. The molecule has 1 aromatic carbocycles. The lowest BCUT2D eigenvalue weighted by molar-refractivity contribution is -0.113. The highest BCUT2D eigenvalue weighted by Crippen LogP contribution is 2.30. The number of carbonyl (C=O) groups is 1. The standard InChI is InChI=1S/C21H23N5O4S2/c1-4-5-9-25-19(28)18-14(8-10-31-18)26-20(25)23-24-21(26)32-12-17(27)22-13-6-7-15(29-2)16(11-13)30-3/h6-8,10-11H,4-5,9,12H2,1-3H3,(H,22,27). The number of nitrogens with one attached hydrogen (secondary N) is 1. The zero-order chi connectivity index (χ0) is 22.7. The molecule has 0 aliphatic rings. The number of carbonyl (C=O) groups excluding carboxylic acids is 1. The van der Waals surface area contributed by atoms with Crippen LogP contribution < -0.4 is 20.3 Å². The van der Waals surface area contributed by atoms with Crippen molar-refractivity contribution < 1.29 is 14.3 Å². The molecule has 1 amide bonds. The molecule has 1 N–H and O–H groups in total. The van der Waals surface area contributed by atoms with Gasteiger partial charge in [0.15, 0.2) is 16.7 Å². The number of fused-ring (bicyclic) bond motifs is 3. The number of aromatic nitrogens is 4. The van der Waals surface area contributed by atoms with Crippen molar-refractivity contribution in [2.75, 3.05) is 25.3 Å². The summed E-state index contributed by atoms with van der Waals surface area (Å²) in [4.78, 5) is 25.4. The molecule has 3 heterocycles. The lowest BCUT2D eigenvalue weighted by atomic mass is 10.2. The number of benzene rings is 1. The Morgan fingerprint density at radius 1 is 1.19 bits per heavy atom. The van der Waals surface area contributed by atoms with Gasteiger partial charge in [-0.2, -0.15) is 0 Å². The topological polar surface area (TPSA) is 99.8 Å². The number of thiophene rings is 1. The molecule has 168 valence electrons. The molecular formula is C21H23N5O4S2. The molecule has 0 atom stereocenters. The summed E-state index contributed by atoms with van der Waals surface area (Å²) in [5.41, 5.74) is 1.31. The van der Waals surface area contributed by atoms with Gasteiger partial charge in [0.05, 0.1) is 25.5 Å². The molecule has 0 unspecified atom stereocenters. The Balaban J connectivity index is 1.57. The molecule has 0 spiro atoms. The third kappa shape index (κ3) is 4.17. The molecule has 0 saturated heterocycles. The van der Waals surface area contributed by atoms with Crippen molar-refractivity contribution in [3.63, 3.8) is 0 Å². The van der Waals surface area contributed by atoms with Crippen molar-refractivity contribution in [2.24, 2.45) is 0 Å². The number of hydrogen-bond donors (Lipinski definition) is 1. The highest BCUT2D eigenvalue weighted by Gasteiger charge is 2.18. The molecular weight excluding hydrogens is 450 g/mol. The van der Waals surface area contributed by atoms with Gasteiger partial charge < -0.3 is 14.8 Å². The maximum atomic E-state index is 12.9. The van der Waals surface area contributed by atoms with E-state index in [1.54, 1.807) is 37.0 Å². The first-order valence-corrected chi connectivity index (χ1v) is 11.9. The number of methoxy groups -OCH3 is 2. The van der Waals surface area contributed by atoms with Crippen LogP contribution in [0.2, 0.25) is 0 Å². The molecule has 3 aromatic heterocycles. The molecule has 0 saturated carbocycles. The molecule has 0 bridgehead atoms. The summed E-state index contributed by atoms with van der Waals surface area (Å²) in [5, 5.41) is 13.8. The lowest BCUT2D eigenvalue weighted by Gasteiger charge is -2.10. The van der Waals surface area contributed by atoms with Gasteiger partial charge in [-0.1, -0.05) is 25.1 Å². The van der Waals surface area contributed by atoms with Gasteiger partial charge in [-0.15, -0.1) is 21.5 Å². The summed E-state index contributed by atoms with van der Waals surface area (Å²) in [6, 6.07) is 7.07. The SMILES string of the molecule is CCCCn1c(=O)c2sccc2n2c(SCC(=O)Nc3ccc(OC)c(OC)c3)nnc12. The summed E-state index contributed by atoms with van der Waals surface area (Å²) in [6.07, 6.45) is 1.84. The fourth-order valence-electron chi connectivity index (χ4n) is 3.35. The van der Waals surface area contributed by atoms with Crippen LogP contribution in [-0.4, -0.2) is 45.0 Å². The number of hydrogen-bond acceptors (Lipinski definition) is 8. The van der Waals surface area contributed by atoms with Crippen molar-refractivity contribution in [3.05, 3.63) is 40.0 Å². The minimum absolute atomic E-state index is 0.0499. The van der Waals surface area contributed by atoms with Crippen molar-refractivity contribution >= 4 is 50.7 Å². The van der Waals surface area contributed by atoms with Gasteiger partial charge in [-0.3, -0.25) is 18.6 Å². The molecule has 0 fully saturated rings. The van der Waals surface area contributed by atoms with Crippen LogP contribution in [-0.2, 0) is 11.3 Å². The van der Waals surface area contributed by atoms with E-state index in [1.165, 1.54) is 23.1 Å². The van der Waals surface area contributed by atoms with E-state index in [-0.39, 0.29) is 17.2 Å². The van der Waals surface area contributed by atoms with Crippen LogP contribution in [0, 0.1) is 0 Å². The van der Waals surface area contributed by atoms with Crippen LogP contribution in [0.5, 0.6) is 11.5 Å². The van der Waals surface area contributed by atoms with Gasteiger partial charge in [0, 0.05) is 18.3 Å². The van der Waals surface area contributed by atoms with Crippen molar-refractivity contribution in [1.82, 2.24) is 19.2 Å². The molecule has 11 heteroatoms. The predicted molar refractivity (Wildman–Crippen MR) is 126 cm³/mol. The van der Waals surface area contributed by atoms with Crippen LogP contribution in [0.4, 0.5) is 5.69 Å². The summed E-state index contributed by atoms with van der Waals surface area (Å²) in [6.45, 7) is 2.66. The van der Waals surface area contributed by atoms with Crippen LogP contribution in [0.1, 0.15) is 19.8 Å². The quantitative estimate of drug-likeness (QED) is 0.370. The average molecular weight is 474 g/mol. The number of rotatable bonds is 9. The van der Waals surface area contributed by atoms with E-state index in [0.29, 0.717) is 39.4 Å². The summed E-state index contributed by atoms with van der Waals surface area (Å²) < 4.78 is 14.7. The second-order valence-corrected chi connectivity index (χ2v) is 8.83. The Morgan fingerprint density at radius 2 is 2.00 bits per heavy atom. The summed E-state index contributed by atoms with van der Waals surface area (Å²) >= 11 is 2.67. The Hall–Kier alpha value is -3.05. The highest BCUT2D eigenvalue weighted by atomic mass is 32.2. The van der Waals surface area contributed by atoms with Crippen LogP contribution in [0.15, 0.2) is 39.6 Å². The maximum Gasteiger partial charge on any atom is 0.272 e. The second-order valence-electron chi connectivity index (χ2n) is 6.97.